The number of benzene rings is 1. The molecule has 9 heteroatoms. The third-order valence-electron chi connectivity index (χ3n) is 4.86. The summed E-state index contributed by atoms with van der Waals surface area (Å²) < 4.78 is 41.5. The fourth-order valence-corrected chi connectivity index (χ4v) is 5.23. The van der Waals surface area contributed by atoms with Gasteiger partial charge in [0.2, 0.25) is 5.60 Å². The molecule has 5 N–H and O–H groups in total. The summed E-state index contributed by atoms with van der Waals surface area (Å²) in [6.45, 7) is 1.39. The average molecular weight is 464 g/mol. The van der Waals surface area contributed by atoms with Crippen LogP contribution in [0.3, 0.4) is 0 Å². The van der Waals surface area contributed by atoms with E-state index in [2.05, 4.69) is 15.9 Å². The van der Waals surface area contributed by atoms with Crippen molar-refractivity contribution >= 4 is 37.4 Å². The predicted molar refractivity (Wildman–Crippen MR) is 105 cm³/mol. The van der Waals surface area contributed by atoms with Crippen LogP contribution in [0.5, 0.6) is 0 Å². The Morgan fingerprint density at radius 3 is 2.63 bits per heavy atom. The highest BCUT2D eigenvalue weighted by atomic mass is 79.9. The van der Waals surface area contributed by atoms with Gasteiger partial charge in [0.25, 0.3) is 0 Å². The molecule has 4 nitrogen and oxygen atoms in total. The third-order valence-corrected chi connectivity index (χ3v) is 6.73. The van der Waals surface area contributed by atoms with Gasteiger partial charge in [-0.3, -0.25) is 0 Å². The number of fused-ring (bicyclic) bond motifs is 1. The highest BCUT2D eigenvalue weighted by molar-refractivity contribution is 9.11. The van der Waals surface area contributed by atoms with Gasteiger partial charge in [0.05, 0.1) is 16.0 Å². The van der Waals surface area contributed by atoms with Crippen molar-refractivity contribution in [2.45, 2.75) is 50.4 Å². The second kappa shape index (κ2) is 7.27. The predicted octanol–water partition coefficient (Wildman–Crippen LogP) is 4.72. The second-order valence-electron chi connectivity index (χ2n) is 6.86. The maximum Gasteiger partial charge on any atom is 0.422 e. The minimum Gasteiger partial charge on any atom is -0.398 e. The van der Waals surface area contributed by atoms with Crippen LogP contribution >= 0.6 is 27.3 Å². The van der Waals surface area contributed by atoms with Gasteiger partial charge in [-0.05, 0) is 63.7 Å². The van der Waals surface area contributed by atoms with Gasteiger partial charge in [-0.2, -0.15) is 13.2 Å². The zero-order valence-electron chi connectivity index (χ0n) is 14.7. The normalized spacial score (nSPS) is 18.0. The number of hydrogen-bond acceptors (Lipinski definition) is 5. The lowest BCUT2D eigenvalue weighted by Gasteiger charge is -2.30. The molecule has 1 unspecified atom stereocenters. The molecule has 2 aromatic rings. The lowest BCUT2D eigenvalue weighted by Crippen LogP contribution is -2.49. The van der Waals surface area contributed by atoms with Crippen LogP contribution in [0.4, 0.5) is 13.2 Å². The monoisotopic (exact) mass is 463 g/mol. The maximum atomic E-state index is 13.1. The topological polar surface area (TPSA) is 75.5 Å². The summed E-state index contributed by atoms with van der Waals surface area (Å²) in [7, 11) is 0. The molecule has 1 aromatic heterocycles. The van der Waals surface area contributed by atoms with Crippen LogP contribution in [0.2, 0.25) is 0 Å². The van der Waals surface area contributed by atoms with E-state index in [0.717, 1.165) is 25.3 Å². The Morgan fingerprint density at radius 2 is 2.07 bits per heavy atom. The first-order chi connectivity index (χ1) is 12.6. The van der Waals surface area contributed by atoms with Gasteiger partial charge in [-0.25, -0.2) is 5.84 Å². The molecule has 0 spiro atoms. The van der Waals surface area contributed by atoms with E-state index >= 15 is 0 Å². The standard InChI is InChI=1S/C18H21BrF3N3OS/c1-2-17(26,18(20,21)22)14(23)9-25(24)8-10-3-6-12-13(7-10)27-16(19)15(12)11-4-5-11/h3,6-7,9,11,26H,2,4-5,8,23-24H2,1H3/b14-9-. The van der Waals surface area contributed by atoms with Crippen molar-refractivity contribution in [2.24, 2.45) is 11.6 Å². The summed E-state index contributed by atoms with van der Waals surface area (Å²) in [5, 5.41) is 12.1. The fraction of sp³-hybridized carbons (Fsp3) is 0.444. The van der Waals surface area contributed by atoms with Crippen LogP contribution in [-0.4, -0.2) is 21.9 Å². The van der Waals surface area contributed by atoms with Crippen molar-refractivity contribution < 1.29 is 18.3 Å². The quantitative estimate of drug-likeness (QED) is 0.427. The minimum absolute atomic E-state index is 0.169. The van der Waals surface area contributed by atoms with E-state index in [1.54, 1.807) is 11.3 Å². The second-order valence-corrected chi connectivity index (χ2v) is 9.23. The first-order valence-electron chi connectivity index (χ1n) is 8.56. The number of nitrogens with two attached hydrogens (primary N) is 2. The molecule has 0 saturated heterocycles. The molecular weight excluding hydrogens is 443 g/mol. The summed E-state index contributed by atoms with van der Waals surface area (Å²) in [5.41, 5.74) is 3.89. The van der Waals surface area contributed by atoms with Crippen LogP contribution in [0.1, 0.15) is 43.2 Å². The Balaban J connectivity index is 1.80. The molecule has 0 amide bonds. The molecule has 148 valence electrons. The molecule has 1 atom stereocenters. The Bertz CT molecular complexity index is 879. The molecule has 1 heterocycles. The van der Waals surface area contributed by atoms with Gasteiger partial charge in [-0.15, -0.1) is 11.3 Å². The summed E-state index contributed by atoms with van der Waals surface area (Å²) >= 11 is 5.27. The largest absolute Gasteiger partial charge is 0.422 e. The zero-order valence-corrected chi connectivity index (χ0v) is 17.1. The maximum absolute atomic E-state index is 13.1. The zero-order chi connectivity index (χ0) is 20.0. The van der Waals surface area contributed by atoms with E-state index < -0.39 is 23.9 Å². The van der Waals surface area contributed by atoms with Gasteiger partial charge < -0.3 is 15.8 Å². The molecule has 1 aliphatic rings. The smallest absolute Gasteiger partial charge is 0.398 e. The molecule has 1 aromatic carbocycles. The lowest BCUT2D eigenvalue weighted by atomic mass is 9.96. The SMILES string of the molecule is CCC(O)(/C(N)=C/N(N)Cc1ccc2c(C3CC3)c(Br)sc2c1)C(F)(F)F. The van der Waals surface area contributed by atoms with Gasteiger partial charge in [0.15, 0.2) is 0 Å². The van der Waals surface area contributed by atoms with E-state index in [9.17, 15) is 18.3 Å². The molecule has 1 fully saturated rings. The van der Waals surface area contributed by atoms with E-state index in [1.165, 1.54) is 30.7 Å². The van der Waals surface area contributed by atoms with Crippen molar-refractivity contribution in [1.82, 2.24) is 5.01 Å². The van der Waals surface area contributed by atoms with Crippen molar-refractivity contribution in [3.05, 3.63) is 45.0 Å². The summed E-state index contributed by atoms with van der Waals surface area (Å²) in [6.07, 6.45) is -2.11. The van der Waals surface area contributed by atoms with Gasteiger partial charge >= 0.3 is 6.18 Å². The van der Waals surface area contributed by atoms with Gasteiger partial charge in [0, 0.05) is 10.9 Å². The molecule has 3 rings (SSSR count). The van der Waals surface area contributed by atoms with Crippen molar-refractivity contribution in [3.8, 4) is 0 Å². The summed E-state index contributed by atoms with van der Waals surface area (Å²) in [6, 6.07) is 5.92. The number of hydrazine groups is 1. The number of halogens is 4. The molecular formula is C18H21BrF3N3OS. The highest BCUT2D eigenvalue weighted by Gasteiger charge is 2.54. The van der Waals surface area contributed by atoms with Crippen LogP contribution in [-0.2, 0) is 6.54 Å². The molecule has 1 saturated carbocycles. The number of hydrogen-bond donors (Lipinski definition) is 3. The Labute approximate surface area is 167 Å². The molecule has 0 radical (unpaired) electrons. The summed E-state index contributed by atoms with van der Waals surface area (Å²) in [5.74, 6) is 6.44. The number of aliphatic hydroxyl groups is 1. The Kier molecular flexibility index (Phi) is 5.51. The summed E-state index contributed by atoms with van der Waals surface area (Å²) in [4.78, 5) is 0. The first-order valence-corrected chi connectivity index (χ1v) is 10.2. The van der Waals surface area contributed by atoms with Crippen molar-refractivity contribution in [2.75, 3.05) is 0 Å². The number of rotatable bonds is 6. The number of thiophene rings is 1. The third kappa shape index (κ3) is 3.96. The van der Waals surface area contributed by atoms with Crippen molar-refractivity contribution in [3.63, 3.8) is 0 Å². The van der Waals surface area contributed by atoms with Gasteiger partial charge in [0.1, 0.15) is 0 Å². The fourth-order valence-electron chi connectivity index (χ4n) is 3.09. The minimum atomic E-state index is -4.87. The Hall–Kier alpha value is -1.29. The first kappa shape index (κ1) is 20.4. The molecule has 0 bridgehead atoms. The molecule has 0 aliphatic heterocycles. The van der Waals surface area contributed by atoms with E-state index in [4.69, 9.17) is 11.6 Å². The van der Waals surface area contributed by atoms with Gasteiger partial charge in [-0.1, -0.05) is 19.1 Å². The number of nitrogens with zero attached hydrogens (tertiary/aromatic N) is 1. The highest BCUT2D eigenvalue weighted by Crippen LogP contribution is 2.50. The van der Waals surface area contributed by atoms with E-state index in [0.29, 0.717) is 5.92 Å². The van der Waals surface area contributed by atoms with Crippen LogP contribution in [0, 0.1) is 0 Å². The van der Waals surface area contributed by atoms with Crippen LogP contribution < -0.4 is 11.6 Å². The van der Waals surface area contributed by atoms with Crippen LogP contribution in [0.15, 0.2) is 33.9 Å². The molecule has 1 aliphatic carbocycles. The van der Waals surface area contributed by atoms with E-state index in [-0.39, 0.29) is 6.54 Å². The van der Waals surface area contributed by atoms with E-state index in [1.807, 2.05) is 18.2 Å². The lowest BCUT2D eigenvalue weighted by molar-refractivity contribution is -0.245. The Morgan fingerprint density at radius 1 is 1.41 bits per heavy atom. The van der Waals surface area contributed by atoms with Crippen LogP contribution in [0.25, 0.3) is 10.1 Å². The average Bonchev–Trinajstić information content (AvgIpc) is 3.34. The molecule has 27 heavy (non-hydrogen) atoms. The number of alkyl halides is 3. The van der Waals surface area contributed by atoms with Crippen molar-refractivity contribution in [1.29, 1.82) is 0 Å².